The maximum absolute atomic E-state index is 3.73. The maximum atomic E-state index is 3.73. The van der Waals surface area contributed by atoms with E-state index in [1.54, 1.807) is 0 Å². The van der Waals surface area contributed by atoms with E-state index < -0.39 is 0 Å². The smallest absolute Gasteiger partial charge is 0.00503 e. The van der Waals surface area contributed by atoms with Crippen molar-refractivity contribution in [2.24, 2.45) is 11.3 Å². The first-order valence-corrected chi connectivity index (χ1v) is 9.21. The van der Waals surface area contributed by atoms with E-state index in [4.69, 9.17) is 0 Å². The molecule has 0 radical (unpaired) electrons. The molecule has 0 aromatic heterocycles. The molecule has 2 nitrogen and oxygen atoms in total. The molecule has 1 N–H and O–H groups in total. The fraction of sp³-hybridized carbons (Fsp3) is 1.00. The molecule has 0 bridgehead atoms. The van der Waals surface area contributed by atoms with Crippen molar-refractivity contribution >= 4 is 0 Å². The highest BCUT2D eigenvalue weighted by atomic mass is 15.1. The van der Waals surface area contributed by atoms with Gasteiger partial charge < -0.3 is 10.2 Å². The summed E-state index contributed by atoms with van der Waals surface area (Å²) in [4.78, 5) is 2.80. The Morgan fingerprint density at radius 2 is 1.90 bits per heavy atom. The molecule has 118 valence electrons. The van der Waals surface area contributed by atoms with E-state index in [9.17, 15) is 0 Å². The van der Waals surface area contributed by atoms with Crippen molar-refractivity contribution in [1.82, 2.24) is 10.2 Å². The summed E-state index contributed by atoms with van der Waals surface area (Å²) >= 11 is 0. The zero-order valence-corrected chi connectivity index (χ0v) is 13.9. The standard InChI is InChI=1S/C18H36N2/c1-3-12-19-15-18(10-6-5-7-11-18)16-20-13-8-9-17(4-2)14-20/h17,19H,3-16H2,1-2H3. The van der Waals surface area contributed by atoms with Crippen LogP contribution in [0.5, 0.6) is 0 Å². The molecule has 1 aliphatic heterocycles. The molecule has 1 unspecified atom stereocenters. The molecule has 2 heteroatoms. The number of hydrogen-bond donors (Lipinski definition) is 1. The number of nitrogens with one attached hydrogen (secondary N) is 1. The second-order valence-electron chi connectivity index (χ2n) is 7.39. The van der Waals surface area contributed by atoms with E-state index in [1.165, 1.54) is 90.5 Å². The number of likely N-dealkylation sites (tertiary alicyclic amines) is 1. The molecule has 1 aliphatic carbocycles. The number of nitrogens with zero attached hydrogens (tertiary/aromatic N) is 1. The largest absolute Gasteiger partial charge is 0.316 e. The minimum absolute atomic E-state index is 0.586. The lowest BCUT2D eigenvalue weighted by atomic mass is 9.73. The molecule has 2 fully saturated rings. The third-order valence-electron chi connectivity index (χ3n) is 5.58. The van der Waals surface area contributed by atoms with Gasteiger partial charge in [0.05, 0.1) is 0 Å². The Labute approximate surface area is 126 Å². The van der Waals surface area contributed by atoms with Crippen LogP contribution in [0.25, 0.3) is 0 Å². The van der Waals surface area contributed by atoms with Gasteiger partial charge in [-0.3, -0.25) is 0 Å². The van der Waals surface area contributed by atoms with Crippen LogP contribution in [0.2, 0.25) is 0 Å². The van der Waals surface area contributed by atoms with Gasteiger partial charge in [0.25, 0.3) is 0 Å². The summed E-state index contributed by atoms with van der Waals surface area (Å²) in [5, 5.41) is 3.73. The Balaban J connectivity index is 1.88. The lowest BCUT2D eigenvalue weighted by molar-refractivity contribution is 0.0720. The first kappa shape index (κ1) is 16.3. The van der Waals surface area contributed by atoms with Crippen LogP contribution in [0.3, 0.4) is 0 Å². The highest BCUT2D eigenvalue weighted by molar-refractivity contribution is 4.89. The minimum atomic E-state index is 0.586. The van der Waals surface area contributed by atoms with Crippen molar-refractivity contribution < 1.29 is 0 Å². The Kier molecular flexibility index (Phi) is 6.83. The van der Waals surface area contributed by atoms with Crippen LogP contribution in [0.1, 0.15) is 71.6 Å². The Bertz CT molecular complexity index is 258. The van der Waals surface area contributed by atoms with Crippen molar-refractivity contribution in [3.05, 3.63) is 0 Å². The van der Waals surface area contributed by atoms with E-state index >= 15 is 0 Å². The summed E-state index contributed by atoms with van der Waals surface area (Å²) in [5.74, 6) is 0.966. The van der Waals surface area contributed by atoms with Crippen LogP contribution in [-0.4, -0.2) is 37.6 Å². The molecule has 0 aromatic carbocycles. The highest BCUT2D eigenvalue weighted by Crippen LogP contribution is 2.37. The van der Waals surface area contributed by atoms with Crippen LogP contribution in [0.15, 0.2) is 0 Å². The van der Waals surface area contributed by atoms with E-state index in [0.717, 1.165) is 5.92 Å². The number of rotatable bonds is 7. The normalized spacial score (nSPS) is 27.6. The molecule has 2 rings (SSSR count). The molecule has 20 heavy (non-hydrogen) atoms. The molecular formula is C18H36N2. The highest BCUT2D eigenvalue weighted by Gasteiger charge is 2.34. The predicted octanol–water partition coefficient (Wildman–Crippen LogP) is 4.06. The van der Waals surface area contributed by atoms with Gasteiger partial charge in [-0.25, -0.2) is 0 Å². The van der Waals surface area contributed by atoms with Crippen molar-refractivity contribution in [3.8, 4) is 0 Å². The van der Waals surface area contributed by atoms with Crippen LogP contribution >= 0.6 is 0 Å². The van der Waals surface area contributed by atoms with Gasteiger partial charge in [-0.15, -0.1) is 0 Å². The van der Waals surface area contributed by atoms with Crippen molar-refractivity contribution in [3.63, 3.8) is 0 Å². The molecule has 0 spiro atoms. The Hall–Kier alpha value is -0.0800. The minimum Gasteiger partial charge on any atom is -0.316 e. The average Bonchev–Trinajstić information content (AvgIpc) is 2.48. The Morgan fingerprint density at radius 1 is 1.10 bits per heavy atom. The van der Waals surface area contributed by atoms with Gasteiger partial charge in [0.1, 0.15) is 0 Å². The second kappa shape index (κ2) is 8.38. The monoisotopic (exact) mass is 280 g/mol. The fourth-order valence-electron chi connectivity index (χ4n) is 4.33. The zero-order chi connectivity index (χ0) is 14.3. The van der Waals surface area contributed by atoms with Crippen LogP contribution in [0.4, 0.5) is 0 Å². The van der Waals surface area contributed by atoms with E-state index in [0.29, 0.717) is 5.41 Å². The van der Waals surface area contributed by atoms with Gasteiger partial charge in [0.15, 0.2) is 0 Å². The zero-order valence-electron chi connectivity index (χ0n) is 13.9. The number of piperidine rings is 1. The fourth-order valence-corrected chi connectivity index (χ4v) is 4.33. The summed E-state index contributed by atoms with van der Waals surface area (Å²) in [7, 11) is 0. The molecule has 0 aromatic rings. The summed E-state index contributed by atoms with van der Waals surface area (Å²) < 4.78 is 0. The SMILES string of the molecule is CCCNCC1(CN2CCCC(CC)C2)CCCCC1. The van der Waals surface area contributed by atoms with E-state index in [-0.39, 0.29) is 0 Å². The molecule has 2 aliphatic rings. The van der Waals surface area contributed by atoms with Crippen molar-refractivity contribution in [1.29, 1.82) is 0 Å². The second-order valence-corrected chi connectivity index (χ2v) is 7.39. The van der Waals surface area contributed by atoms with Gasteiger partial charge >= 0.3 is 0 Å². The van der Waals surface area contributed by atoms with E-state index in [1.807, 2.05) is 0 Å². The van der Waals surface area contributed by atoms with Crippen molar-refractivity contribution in [2.45, 2.75) is 71.6 Å². The average molecular weight is 280 g/mol. The van der Waals surface area contributed by atoms with Crippen LogP contribution < -0.4 is 5.32 Å². The molecule has 1 atom stereocenters. The lowest BCUT2D eigenvalue weighted by Crippen LogP contribution is -2.48. The Morgan fingerprint density at radius 3 is 2.60 bits per heavy atom. The lowest BCUT2D eigenvalue weighted by Gasteiger charge is -2.44. The summed E-state index contributed by atoms with van der Waals surface area (Å²) in [6.07, 6.45) is 12.8. The first-order valence-electron chi connectivity index (χ1n) is 9.21. The van der Waals surface area contributed by atoms with Gasteiger partial charge in [-0.1, -0.05) is 39.5 Å². The third kappa shape index (κ3) is 4.73. The third-order valence-corrected chi connectivity index (χ3v) is 5.58. The molecule has 0 amide bonds. The summed E-state index contributed by atoms with van der Waals surface area (Å²) in [6, 6.07) is 0. The number of hydrogen-bond acceptors (Lipinski definition) is 2. The van der Waals surface area contributed by atoms with Crippen LogP contribution in [0, 0.1) is 11.3 Å². The van der Waals surface area contributed by atoms with Gasteiger partial charge in [0, 0.05) is 19.6 Å². The predicted molar refractivity (Wildman–Crippen MR) is 88.1 cm³/mol. The first-order chi connectivity index (χ1) is 9.78. The molecular weight excluding hydrogens is 244 g/mol. The maximum Gasteiger partial charge on any atom is 0.00503 e. The molecule has 1 saturated carbocycles. The quantitative estimate of drug-likeness (QED) is 0.708. The van der Waals surface area contributed by atoms with Gasteiger partial charge in [-0.05, 0) is 56.5 Å². The summed E-state index contributed by atoms with van der Waals surface area (Å²) in [6.45, 7) is 11.2. The van der Waals surface area contributed by atoms with Gasteiger partial charge in [-0.2, -0.15) is 0 Å². The topological polar surface area (TPSA) is 15.3 Å². The van der Waals surface area contributed by atoms with E-state index in [2.05, 4.69) is 24.1 Å². The van der Waals surface area contributed by atoms with Crippen LogP contribution in [-0.2, 0) is 0 Å². The summed E-state index contributed by atoms with van der Waals surface area (Å²) in [5.41, 5.74) is 0.586. The molecule has 1 saturated heterocycles. The van der Waals surface area contributed by atoms with Crippen molar-refractivity contribution in [2.75, 3.05) is 32.7 Å². The molecule has 1 heterocycles. The van der Waals surface area contributed by atoms with Gasteiger partial charge in [0.2, 0.25) is 0 Å².